The van der Waals surface area contributed by atoms with Gasteiger partial charge in [0, 0.05) is 12.1 Å². The molecule has 0 aromatic carbocycles. The van der Waals surface area contributed by atoms with Crippen LogP contribution in [0.3, 0.4) is 0 Å². The quantitative estimate of drug-likeness (QED) is 0.829. The first kappa shape index (κ1) is 14.3. The van der Waals surface area contributed by atoms with E-state index in [1.54, 1.807) is 0 Å². The number of hydrogen-bond acceptors (Lipinski definition) is 2. The molecule has 2 heteroatoms. The smallest absolute Gasteiger partial charge is 0.00940 e. The Hall–Kier alpha value is -0.0800. The van der Waals surface area contributed by atoms with Gasteiger partial charge in [-0.2, -0.15) is 0 Å². The summed E-state index contributed by atoms with van der Waals surface area (Å²) in [6.45, 7) is 13.4. The molecule has 1 saturated heterocycles. The van der Waals surface area contributed by atoms with Crippen molar-refractivity contribution in [2.24, 2.45) is 11.3 Å². The largest absolute Gasteiger partial charge is 0.311 e. The molecule has 2 nitrogen and oxygen atoms in total. The third-order valence-corrected chi connectivity index (χ3v) is 4.89. The van der Waals surface area contributed by atoms with Crippen LogP contribution in [0.15, 0.2) is 0 Å². The van der Waals surface area contributed by atoms with Gasteiger partial charge in [0.15, 0.2) is 0 Å². The van der Waals surface area contributed by atoms with Crippen molar-refractivity contribution in [3.05, 3.63) is 0 Å². The Morgan fingerprint density at radius 1 is 1.11 bits per heavy atom. The van der Waals surface area contributed by atoms with E-state index in [0.29, 0.717) is 5.41 Å². The van der Waals surface area contributed by atoms with Crippen LogP contribution in [0.5, 0.6) is 0 Å². The number of nitrogens with one attached hydrogen (secondary N) is 1. The van der Waals surface area contributed by atoms with E-state index in [9.17, 15) is 0 Å². The molecule has 1 heterocycles. The minimum Gasteiger partial charge on any atom is -0.311 e. The fourth-order valence-corrected chi connectivity index (χ4v) is 4.22. The lowest BCUT2D eigenvalue weighted by Gasteiger charge is -2.42. The molecule has 2 aliphatic rings. The highest BCUT2D eigenvalue weighted by molar-refractivity contribution is 4.89. The van der Waals surface area contributed by atoms with Gasteiger partial charge in [0.1, 0.15) is 0 Å². The van der Waals surface area contributed by atoms with Crippen LogP contribution in [-0.2, 0) is 0 Å². The number of likely N-dealkylation sites (tertiary alicyclic amines) is 1. The van der Waals surface area contributed by atoms with E-state index in [4.69, 9.17) is 0 Å². The van der Waals surface area contributed by atoms with Crippen molar-refractivity contribution in [3.63, 3.8) is 0 Å². The molecule has 2 fully saturated rings. The van der Waals surface area contributed by atoms with Gasteiger partial charge < -0.3 is 10.2 Å². The minimum atomic E-state index is 0.541. The van der Waals surface area contributed by atoms with Gasteiger partial charge in [-0.05, 0) is 63.1 Å². The minimum absolute atomic E-state index is 0.541. The Kier molecular flexibility index (Phi) is 4.71. The molecular weight excluding hydrogens is 220 g/mol. The predicted molar refractivity (Wildman–Crippen MR) is 78.9 cm³/mol. The van der Waals surface area contributed by atoms with E-state index in [2.05, 4.69) is 37.9 Å². The van der Waals surface area contributed by atoms with Crippen molar-refractivity contribution >= 4 is 0 Å². The van der Waals surface area contributed by atoms with Gasteiger partial charge in [-0.15, -0.1) is 0 Å². The summed E-state index contributed by atoms with van der Waals surface area (Å²) < 4.78 is 0. The zero-order chi connectivity index (χ0) is 13.2. The maximum Gasteiger partial charge on any atom is 0.00940 e. The van der Waals surface area contributed by atoms with E-state index in [0.717, 1.165) is 18.0 Å². The summed E-state index contributed by atoms with van der Waals surface area (Å²) in [4.78, 5) is 2.58. The summed E-state index contributed by atoms with van der Waals surface area (Å²) in [5, 5.41) is 3.96. The molecule has 1 aliphatic carbocycles. The lowest BCUT2D eigenvalue weighted by molar-refractivity contribution is 0.128. The molecule has 2 atom stereocenters. The van der Waals surface area contributed by atoms with E-state index in [1.165, 1.54) is 51.7 Å². The Morgan fingerprint density at radius 3 is 2.33 bits per heavy atom. The van der Waals surface area contributed by atoms with Gasteiger partial charge in [-0.1, -0.05) is 27.7 Å². The summed E-state index contributed by atoms with van der Waals surface area (Å²) in [6, 6.07) is 1.54. The summed E-state index contributed by atoms with van der Waals surface area (Å²) in [7, 11) is 0. The maximum absolute atomic E-state index is 3.96. The summed E-state index contributed by atoms with van der Waals surface area (Å²) >= 11 is 0. The molecule has 0 amide bonds. The SMILES string of the molecule is CCN1CCC(NC2CC(C)CC(C)(C)C2)CC1. The molecule has 0 spiro atoms. The summed E-state index contributed by atoms with van der Waals surface area (Å²) in [5.74, 6) is 0.891. The van der Waals surface area contributed by atoms with E-state index in [-0.39, 0.29) is 0 Å². The number of piperidine rings is 1. The first-order chi connectivity index (χ1) is 8.48. The highest BCUT2D eigenvalue weighted by Crippen LogP contribution is 2.38. The van der Waals surface area contributed by atoms with Crippen LogP contribution in [0.2, 0.25) is 0 Å². The van der Waals surface area contributed by atoms with Crippen LogP contribution >= 0.6 is 0 Å². The van der Waals surface area contributed by atoms with Crippen LogP contribution in [0.1, 0.15) is 59.8 Å². The van der Waals surface area contributed by atoms with E-state index in [1.807, 2.05) is 0 Å². The molecule has 0 bridgehead atoms. The third kappa shape index (κ3) is 3.96. The van der Waals surface area contributed by atoms with Gasteiger partial charge in [0.25, 0.3) is 0 Å². The molecule has 1 aliphatic heterocycles. The molecular formula is C16H32N2. The first-order valence-corrected chi connectivity index (χ1v) is 7.97. The summed E-state index contributed by atoms with van der Waals surface area (Å²) in [5.41, 5.74) is 0.541. The fraction of sp³-hybridized carbons (Fsp3) is 1.00. The van der Waals surface area contributed by atoms with Crippen molar-refractivity contribution in [2.45, 2.75) is 71.9 Å². The average molecular weight is 252 g/mol. The Bertz CT molecular complexity index is 254. The van der Waals surface area contributed by atoms with E-state index < -0.39 is 0 Å². The molecule has 0 aromatic heterocycles. The van der Waals surface area contributed by atoms with Crippen LogP contribution in [0, 0.1) is 11.3 Å². The number of rotatable bonds is 3. The molecule has 2 unspecified atom stereocenters. The lowest BCUT2D eigenvalue weighted by Crippen LogP contribution is -2.49. The predicted octanol–water partition coefficient (Wildman–Crippen LogP) is 3.28. The van der Waals surface area contributed by atoms with Crippen molar-refractivity contribution in [1.82, 2.24) is 10.2 Å². The second-order valence-electron chi connectivity index (χ2n) is 7.49. The molecule has 1 N–H and O–H groups in total. The van der Waals surface area contributed by atoms with Crippen molar-refractivity contribution in [1.29, 1.82) is 0 Å². The highest BCUT2D eigenvalue weighted by Gasteiger charge is 2.33. The zero-order valence-electron chi connectivity index (χ0n) is 12.8. The van der Waals surface area contributed by atoms with Gasteiger partial charge >= 0.3 is 0 Å². The Morgan fingerprint density at radius 2 is 1.78 bits per heavy atom. The summed E-state index contributed by atoms with van der Waals surface area (Å²) in [6.07, 6.45) is 6.85. The van der Waals surface area contributed by atoms with Gasteiger partial charge in [-0.25, -0.2) is 0 Å². The number of hydrogen-bond donors (Lipinski definition) is 1. The number of nitrogens with zero attached hydrogens (tertiary/aromatic N) is 1. The van der Waals surface area contributed by atoms with Crippen molar-refractivity contribution < 1.29 is 0 Å². The molecule has 18 heavy (non-hydrogen) atoms. The van der Waals surface area contributed by atoms with Gasteiger partial charge in [-0.3, -0.25) is 0 Å². The van der Waals surface area contributed by atoms with Crippen LogP contribution in [0.25, 0.3) is 0 Å². The topological polar surface area (TPSA) is 15.3 Å². The van der Waals surface area contributed by atoms with E-state index >= 15 is 0 Å². The molecule has 0 aromatic rings. The molecule has 2 rings (SSSR count). The standard InChI is InChI=1S/C16H32N2/c1-5-18-8-6-14(7-9-18)17-15-10-13(2)11-16(3,4)12-15/h13-15,17H,5-12H2,1-4H3. The Balaban J connectivity index is 1.79. The molecule has 0 radical (unpaired) electrons. The monoisotopic (exact) mass is 252 g/mol. The maximum atomic E-state index is 3.96. The molecule has 106 valence electrons. The van der Waals surface area contributed by atoms with Crippen LogP contribution < -0.4 is 5.32 Å². The first-order valence-electron chi connectivity index (χ1n) is 7.97. The third-order valence-electron chi connectivity index (χ3n) is 4.89. The lowest BCUT2D eigenvalue weighted by atomic mass is 9.70. The zero-order valence-corrected chi connectivity index (χ0v) is 12.8. The van der Waals surface area contributed by atoms with Crippen molar-refractivity contribution in [3.8, 4) is 0 Å². The average Bonchev–Trinajstić information content (AvgIpc) is 2.27. The Labute approximate surface area is 114 Å². The molecule has 1 saturated carbocycles. The normalized spacial score (nSPS) is 34.7. The van der Waals surface area contributed by atoms with Crippen LogP contribution in [-0.4, -0.2) is 36.6 Å². The van der Waals surface area contributed by atoms with Gasteiger partial charge in [0.2, 0.25) is 0 Å². The second kappa shape index (κ2) is 5.92. The second-order valence-corrected chi connectivity index (χ2v) is 7.49. The van der Waals surface area contributed by atoms with Crippen LogP contribution in [0.4, 0.5) is 0 Å². The van der Waals surface area contributed by atoms with Crippen molar-refractivity contribution in [2.75, 3.05) is 19.6 Å². The highest BCUT2D eigenvalue weighted by atomic mass is 15.1. The van der Waals surface area contributed by atoms with Gasteiger partial charge in [0.05, 0.1) is 0 Å². The fourth-order valence-electron chi connectivity index (χ4n) is 4.22.